The van der Waals surface area contributed by atoms with Crippen molar-refractivity contribution in [1.29, 1.82) is 0 Å². The third-order valence-corrected chi connectivity index (χ3v) is 5.01. The van der Waals surface area contributed by atoms with E-state index in [0.717, 1.165) is 25.3 Å². The summed E-state index contributed by atoms with van der Waals surface area (Å²) < 4.78 is 0. The van der Waals surface area contributed by atoms with Crippen LogP contribution in [0.1, 0.15) is 31.7 Å². The van der Waals surface area contributed by atoms with Crippen LogP contribution in [0.5, 0.6) is 0 Å². The Hall–Kier alpha value is -1.13. The van der Waals surface area contributed by atoms with Gasteiger partial charge in [-0.15, -0.1) is 0 Å². The SMILES string of the molecule is CCCN(C)c1ccc(CN2CCC3(CCNC3)C2)cn1. The average Bonchev–Trinajstić information content (AvgIpc) is 3.11. The molecule has 3 heterocycles. The highest BCUT2D eigenvalue weighted by molar-refractivity contribution is 5.38. The fraction of sp³-hybridized carbons (Fsp3) is 0.706. The Bertz CT molecular complexity index is 450. The van der Waals surface area contributed by atoms with E-state index in [1.807, 2.05) is 0 Å². The maximum atomic E-state index is 4.62. The highest BCUT2D eigenvalue weighted by Crippen LogP contribution is 2.36. The van der Waals surface area contributed by atoms with Crippen LogP contribution in [0.25, 0.3) is 0 Å². The van der Waals surface area contributed by atoms with E-state index in [2.05, 4.69) is 52.4 Å². The van der Waals surface area contributed by atoms with E-state index in [9.17, 15) is 0 Å². The summed E-state index contributed by atoms with van der Waals surface area (Å²) in [6.45, 7) is 9.21. The predicted octanol–water partition coefficient (Wildman–Crippen LogP) is 2.11. The van der Waals surface area contributed by atoms with Crippen molar-refractivity contribution in [2.24, 2.45) is 5.41 Å². The van der Waals surface area contributed by atoms with Crippen LogP contribution in [0.4, 0.5) is 5.82 Å². The minimum absolute atomic E-state index is 0.564. The Morgan fingerprint density at radius 1 is 1.38 bits per heavy atom. The number of nitrogens with zero attached hydrogens (tertiary/aromatic N) is 3. The van der Waals surface area contributed by atoms with Gasteiger partial charge >= 0.3 is 0 Å². The molecule has 116 valence electrons. The van der Waals surface area contributed by atoms with Gasteiger partial charge in [-0.25, -0.2) is 4.98 Å². The standard InChI is InChI=1S/C17H28N4/c1-3-9-20(2)16-5-4-15(11-19-16)12-21-10-7-17(14-21)6-8-18-13-17/h4-5,11,18H,3,6-10,12-14H2,1-2H3. The molecule has 1 atom stereocenters. The van der Waals surface area contributed by atoms with Crippen molar-refractivity contribution in [3.8, 4) is 0 Å². The number of nitrogens with one attached hydrogen (secondary N) is 1. The summed E-state index contributed by atoms with van der Waals surface area (Å²) in [6, 6.07) is 4.40. The van der Waals surface area contributed by atoms with Crippen LogP contribution in [-0.4, -0.2) is 49.7 Å². The molecule has 0 radical (unpaired) electrons. The van der Waals surface area contributed by atoms with E-state index in [0.29, 0.717) is 5.41 Å². The molecule has 0 aliphatic carbocycles. The molecule has 3 rings (SSSR count). The molecule has 4 nitrogen and oxygen atoms in total. The van der Waals surface area contributed by atoms with Gasteiger partial charge in [0.15, 0.2) is 0 Å². The Labute approximate surface area is 128 Å². The normalized spacial score (nSPS) is 25.8. The number of likely N-dealkylation sites (tertiary alicyclic amines) is 1. The molecule has 2 aliphatic heterocycles. The smallest absolute Gasteiger partial charge is 0.128 e. The average molecular weight is 288 g/mol. The van der Waals surface area contributed by atoms with Crippen molar-refractivity contribution in [2.45, 2.75) is 32.7 Å². The molecule has 2 fully saturated rings. The van der Waals surface area contributed by atoms with E-state index >= 15 is 0 Å². The largest absolute Gasteiger partial charge is 0.360 e. The zero-order chi connectivity index (χ0) is 14.7. The third kappa shape index (κ3) is 3.38. The summed E-state index contributed by atoms with van der Waals surface area (Å²) in [7, 11) is 2.11. The Morgan fingerprint density at radius 3 is 2.95 bits per heavy atom. The molecule has 1 unspecified atom stereocenters. The second kappa shape index (κ2) is 6.32. The van der Waals surface area contributed by atoms with E-state index < -0.39 is 0 Å². The van der Waals surface area contributed by atoms with Gasteiger partial charge in [-0.05, 0) is 49.4 Å². The van der Waals surface area contributed by atoms with Crippen molar-refractivity contribution in [3.63, 3.8) is 0 Å². The van der Waals surface area contributed by atoms with Crippen LogP contribution < -0.4 is 10.2 Å². The minimum atomic E-state index is 0.564. The van der Waals surface area contributed by atoms with Crippen LogP contribution in [0.15, 0.2) is 18.3 Å². The zero-order valence-corrected chi connectivity index (χ0v) is 13.4. The van der Waals surface area contributed by atoms with Crippen molar-refractivity contribution in [3.05, 3.63) is 23.9 Å². The monoisotopic (exact) mass is 288 g/mol. The van der Waals surface area contributed by atoms with Gasteiger partial charge in [0.05, 0.1) is 0 Å². The van der Waals surface area contributed by atoms with Crippen molar-refractivity contribution in [1.82, 2.24) is 15.2 Å². The first kappa shape index (κ1) is 14.8. The highest BCUT2D eigenvalue weighted by atomic mass is 15.2. The van der Waals surface area contributed by atoms with Gasteiger partial charge in [-0.3, -0.25) is 4.90 Å². The molecule has 1 spiro atoms. The lowest BCUT2D eigenvalue weighted by molar-refractivity contribution is 0.268. The van der Waals surface area contributed by atoms with Gasteiger partial charge in [0.1, 0.15) is 5.82 Å². The quantitative estimate of drug-likeness (QED) is 0.899. The van der Waals surface area contributed by atoms with E-state index in [1.165, 1.54) is 44.6 Å². The number of hydrogen-bond acceptors (Lipinski definition) is 4. The first-order valence-corrected chi connectivity index (χ1v) is 8.30. The molecule has 0 bridgehead atoms. The predicted molar refractivity (Wildman–Crippen MR) is 87.6 cm³/mol. The van der Waals surface area contributed by atoms with Crippen molar-refractivity contribution in [2.75, 3.05) is 44.7 Å². The van der Waals surface area contributed by atoms with Crippen LogP contribution in [0.3, 0.4) is 0 Å². The minimum Gasteiger partial charge on any atom is -0.360 e. The lowest BCUT2D eigenvalue weighted by atomic mass is 9.87. The van der Waals surface area contributed by atoms with Crippen molar-refractivity contribution >= 4 is 5.82 Å². The number of anilines is 1. The lowest BCUT2D eigenvalue weighted by Gasteiger charge is -2.23. The van der Waals surface area contributed by atoms with Gasteiger partial charge < -0.3 is 10.2 Å². The van der Waals surface area contributed by atoms with Crippen LogP contribution in [-0.2, 0) is 6.54 Å². The summed E-state index contributed by atoms with van der Waals surface area (Å²) >= 11 is 0. The molecule has 0 aromatic carbocycles. The Kier molecular flexibility index (Phi) is 4.45. The van der Waals surface area contributed by atoms with Gasteiger partial charge in [-0.1, -0.05) is 13.0 Å². The molecule has 1 aromatic heterocycles. The molecular formula is C17H28N4. The van der Waals surface area contributed by atoms with Crippen LogP contribution in [0, 0.1) is 5.41 Å². The molecule has 2 saturated heterocycles. The summed E-state index contributed by atoms with van der Waals surface area (Å²) in [5, 5.41) is 3.53. The number of rotatable bonds is 5. The number of hydrogen-bond donors (Lipinski definition) is 1. The molecule has 0 amide bonds. The van der Waals surface area contributed by atoms with Gasteiger partial charge in [0.25, 0.3) is 0 Å². The maximum Gasteiger partial charge on any atom is 0.128 e. The second-order valence-corrected chi connectivity index (χ2v) is 6.83. The lowest BCUT2D eigenvalue weighted by Crippen LogP contribution is -2.29. The van der Waals surface area contributed by atoms with E-state index in [-0.39, 0.29) is 0 Å². The number of aromatic nitrogens is 1. The second-order valence-electron chi connectivity index (χ2n) is 6.83. The summed E-state index contributed by atoms with van der Waals surface area (Å²) in [5.41, 5.74) is 1.90. The first-order valence-electron chi connectivity index (χ1n) is 8.30. The van der Waals surface area contributed by atoms with E-state index in [4.69, 9.17) is 0 Å². The zero-order valence-electron chi connectivity index (χ0n) is 13.4. The van der Waals surface area contributed by atoms with Gasteiger partial charge in [0.2, 0.25) is 0 Å². The molecule has 1 aromatic rings. The van der Waals surface area contributed by atoms with Crippen LogP contribution >= 0.6 is 0 Å². The fourth-order valence-electron chi connectivity index (χ4n) is 3.75. The summed E-state index contributed by atoms with van der Waals surface area (Å²) in [6.07, 6.45) is 5.91. The molecule has 21 heavy (non-hydrogen) atoms. The molecular weight excluding hydrogens is 260 g/mol. The summed E-state index contributed by atoms with van der Waals surface area (Å²) in [5.74, 6) is 1.08. The van der Waals surface area contributed by atoms with E-state index in [1.54, 1.807) is 0 Å². The summed E-state index contributed by atoms with van der Waals surface area (Å²) in [4.78, 5) is 9.43. The third-order valence-electron chi connectivity index (χ3n) is 5.01. The molecule has 4 heteroatoms. The Balaban J connectivity index is 1.56. The fourth-order valence-corrected chi connectivity index (χ4v) is 3.75. The highest BCUT2D eigenvalue weighted by Gasteiger charge is 2.39. The maximum absolute atomic E-state index is 4.62. The number of pyridine rings is 1. The first-order chi connectivity index (χ1) is 10.2. The van der Waals surface area contributed by atoms with Crippen LogP contribution in [0.2, 0.25) is 0 Å². The van der Waals surface area contributed by atoms with Crippen molar-refractivity contribution < 1.29 is 0 Å². The Morgan fingerprint density at radius 2 is 2.29 bits per heavy atom. The molecule has 2 aliphatic rings. The van der Waals surface area contributed by atoms with Gasteiger partial charge in [0, 0.05) is 39.4 Å². The molecule has 1 N–H and O–H groups in total. The van der Waals surface area contributed by atoms with Gasteiger partial charge in [-0.2, -0.15) is 0 Å². The molecule has 0 saturated carbocycles. The topological polar surface area (TPSA) is 31.4 Å².